The number of rotatable bonds is 7. The first-order chi connectivity index (χ1) is 12.5. The molecule has 1 aromatic rings. The van der Waals surface area contributed by atoms with E-state index in [1.807, 2.05) is 6.08 Å². The van der Waals surface area contributed by atoms with Crippen molar-refractivity contribution >= 4 is 15.3 Å². The van der Waals surface area contributed by atoms with Gasteiger partial charge < -0.3 is 4.43 Å². The highest BCUT2D eigenvalue weighted by Crippen LogP contribution is 2.44. The molecule has 0 spiro atoms. The summed E-state index contributed by atoms with van der Waals surface area (Å²) in [5.74, 6) is 0.305. The van der Waals surface area contributed by atoms with Gasteiger partial charge in [-0.2, -0.15) is 0 Å². The molecule has 0 aliphatic heterocycles. The van der Waals surface area contributed by atoms with E-state index in [1.165, 1.54) is 4.57 Å². The summed E-state index contributed by atoms with van der Waals surface area (Å²) in [6.07, 6.45) is 4.84. The maximum atomic E-state index is 12.3. The van der Waals surface area contributed by atoms with Gasteiger partial charge in [0.1, 0.15) is 6.29 Å². The van der Waals surface area contributed by atoms with E-state index >= 15 is 0 Å². The molecule has 0 amide bonds. The molecule has 1 aromatic heterocycles. The third kappa shape index (κ3) is 4.40. The van der Waals surface area contributed by atoms with Crippen LogP contribution in [0.1, 0.15) is 45.7 Å². The Morgan fingerprint density at radius 2 is 1.96 bits per heavy atom. The predicted octanol–water partition coefficient (Wildman–Crippen LogP) is 2.58. The van der Waals surface area contributed by atoms with Crippen LogP contribution in [0.4, 0.5) is 0 Å². The summed E-state index contributed by atoms with van der Waals surface area (Å²) >= 11 is 0. The monoisotopic (exact) mass is 392 g/mol. The third-order valence-electron chi connectivity index (χ3n) is 5.95. The van der Waals surface area contributed by atoms with Crippen molar-refractivity contribution in [3.05, 3.63) is 44.2 Å². The quantitative estimate of drug-likeness (QED) is 0.571. The number of carbonyl (C=O) groups is 1. The molecule has 0 radical (unpaired) electrons. The van der Waals surface area contributed by atoms with Gasteiger partial charge in [-0.1, -0.05) is 33.8 Å². The van der Waals surface area contributed by atoms with Crippen LogP contribution < -0.4 is 11.2 Å². The summed E-state index contributed by atoms with van der Waals surface area (Å²) in [6, 6.07) is -0.263. The average molecular weight is 393 g/mol. The fourth-order valence-electron chi connectivity index (χ4n) is 3.67. The lowest BCUT2D eigenvalue weighted by Gasteiger charge is -2.43. The van der Waals surface area contributed by atoms with Crippen LogP contribution in [-0.2, 0) is 9.22 Å². The highest BCUT2D eigenvalue weighted by Gasteiger charge is 2.43. The summed E-state index contributed by atoms with van der Waals surface area (Å²) < 4.78 is 7.96. The van der Waals surface area contributed by atoms with Gasteiger partial charge in [0.05, 0.1) is 12.1 Å². The van der Waals surface area contributed by atoms with Gasteiger partial charge in [-0.05, 0) is 43.3 Å². The molecule has 150 valence electrons. The van der Waals surface area contributed by atoms with Gasteiger partial charge in [0, 0.05) is 17.7 Å². The van der Waals surface area contributed by atoms with Crippen LogP contribution in [0.2, 0.25) is 13.1 Å². The maximum Gasteiger partial charge on any atom is 0.328 e. The fourth-order valence-corrected chi connectivity index (χ4v) is 4.80. The van der Waals surface area contributed by atoms with Crippen molar-refractivity contribution in [2.75, 3.05) is 0 Å². The highest BCUT2D eigenvalue weighted by molar-refractivity contribution is 6.48. The highest BCUT2D eigenvalue weighted by atomic mass is 28.3. The number of hydrogen-bond acceptors (Lipinski definition) is 4. The van der Waals surface area contributed by atoms with Crippen LogP contribution in [-0.4, -0.2) is 31.0 Å². The Kier molecular flexibility index (Phi) is 6.47. The Bertz CT molecular complexity index is 835. The Morgan fingerprint density at radius 1 is 1.33 bits per heavy atom. The van der Waals surface area contributed by atoms with Crippen molar-refractivity contribution in [3.8, 4) is 0 Å². The SMILES string of the molecule is Cc1cn(C2C=C(C=O)C(C(O[SiH](C)C)C(C)(C)C(C)C)C2)c(=O)[nH]c1=O. The zero-order valence-electron chi connectivity index (χ0n) is 17.4. The van der Waals surface area contributed by atoms with E-state index in [0.29, 0.717) is 23.5 Å². The van der Waals surface area contributed by atoms with Crippen molar-refractivity contribution in [3.63, 3.8) is 0 Å². The zero-order valence-corrected chi connectivity index (χ0v) is 18.6. The average Bonchev–Trinajstić information content (AvgIpc) is 2.99. The van der Waals surface area contributed by atoms with E-state index in [1.54, 1.807) is 13.1 Å². The van der Waals surface area contributed by atoms with E-state index in [4.69, 9.17) is 4.43 Å². The first-order valence-corrected chi connectivity index (χ1v) is 12.4. The number of hydrogen-bond donors (Lipinski definition) is 1. The summed E-state index contributed by atoms with van der Waals surface area (Å²) in [6.45, 7) is 14.7. The Hall–Kier alpha value is -1.73. The van der Waals surface area contributed by atoms with E-state index in [9.17, 15) is 14.4 Å². The van der Waals surface area contributed by atoms with E-state index in [2.05, 4.69) is 45.8 Å². The molecule has 0 fully saturated rings. The van der Waals surface area contributed by atoms with E-state index in [-0.39, 0.29) is 29.0 Å². The van der Waals surface area contributed by atoms with Gasteiger partial charge in [0.25, 0.3) is 5.56 Å². The summed E-state index contributed by atoms with van der Waals surface area (Å²) in [5.41, 5.74) is 0.216. The standard InChI is InChI=1S/C20H32N2O4Si/c1-12(2)20(4,5)17(26-27(6)7)16-9-15(8-14(16)11-23)22-10-13(3)18(24)21-19(22)25/h8,10-12,15-17,27H,9H2,1-7H3,(H,21,24,25). The number of carbonyl (C=O) groups excluding carboxylic acids is 1. The van der Waals surface area contributed by atoms with Gasteiger partial charge in [-0.15, -0.1) is 0 Å². The van der Waals surface area contributed by atoms with Crippen molar-refractivity contribution in [2.45, 2.75) is 66.3 Å². The second kappa shape index (κ2) is 8.10. The fraction of sp³-hybridized carbons (Fsp3) is 0.650. The van der Waals surface area contributed by atoms with Crippen LogP contribution in [0.25, 0.3) is 0 Å². The minimum absolute atomic E-state index is 0.0704. The number of aryl methyl sites for hydroxylation is 1. The molecular formula is C20H32N2O4Si. The summed E-state index contributed by atoms with van der Waals surface area (Å²) in [4.78, 5) is 38.2. The number of aromatic nitrogens is 2. The molecule has 3 unspecified atom stereocenters. The second-order valence-corrected chi connectivity index (χ2v) is 11.1. The number of H-pyrrole nitrogens is 1. The van der Waals surface area contributed by atoms with Crippen molar-refractivity contribution in [2.24, 2.45) is 17.3 Å². The Morgan fingerprint density at radius 3 is 2.48 bits per heavy atom. The van der Waals surface area contributed by atoms with Gasteiger partial charge in [0.15, 0.2) is 9.04 Å². The van der Waals surface area contributed by atoms with Gasteiger partial charge in [0.2, 0.25) is 0 Å². The number of aromatic amines is 1. The van der Waals surface area contributed by atoms with Crippen molar-refractivity contribution < 1.29 is 9.22 Å². The Labute approximate surface area is 162 Å². The maximum absolute atomic E-state index is 12.3. The molecule has 0 saturated carbocycles. The lowest BCUT2D eigenvalue weighted by molar-refractivity contribution is -0.106. The molecule has 6 nitrogen and oxygen atoms in total. The van der Waals surface area contributed by atoms with Gasteiger partial charge in [-0.25, -0.2) is 4.79 Å². The lowest BCUT2D eigenvalue weighted by atomic mass is 9.70. The molecule has 0 saturated heterocycles. The number of aldehydes is 1. The molecule has 1 aliphatic carbocycles. The third-order valence-corrected chi connectivity index (χ3v) is 6.79. The van der Waals surface area contributed by atoms with Gasteiger partial charge in [-0.3, -0.25) is 19.1 Å². The smallest absolute Gasteiger partial charge is 0.328 e. The first-order valence-electron chi connectivity index (χ1n) is 9.63. The van der Waals surface area contributed by atoms with Crippen LogP contribution in [0.5, 0.6) is 0 Å². The molecule has 0 bridgehead atoms. The minimum atomic E-state index is -1.34. The number of nitrogens with one attached hydrogen (secondary N) is 1. The lowest BCUT2D eigenvalue weighted by Crippen LogP contribution is -2.44. The minimum Gasteiger partial charge on any atom is -0.417 e. The number of allylic oxidation sites excluding steroid dienone is 1. The molecule has 1 heterocycles. The molecule has 7 heteroatoms. The molecule has 27 heavy (non-hydrogen) atoms. The van der Waals surface area contributed by atoms with Crippen molar-refractivity contribution in [1.29, 1.82) is 0 Å². The van der Waals surface area contributed by atoms with E-state index < -0.39 is 14.7 Å². The van der Waals surface area contributed by atoms with Crippen LogP contribution in [0, 0.1) is 24.2 Å². The van der Waals surface area contributed by atoms with Crippen LogP contribution >= 0.6 is 0 Å². The Balaban J connectivity index is 2.45. The topological polar surface area (TPSA) is 81.2 Å². The summed E-state index contributed by atoms with van der Waals surface area (Å²) in [5, 5.41) is 0. The normalized spacial score (nSPS) is 21.6. The first kappa shape index (κ1) is 21.6. The van der Waals surface area contributed by atoms with Crippen molar-refractivity contribution in [1.82, 2.24) is 9.55 Å². The summed E-state index contributed by atoms with van der Waals surface area (Å²) in [7, 11) is -1.34. The van der Waals surface area contributed by atoms with E-state index in [0.717, 1.165) is 6.29 Å². The molecule has 0 aromatic carbocycles. The molecule has 1 aliphatic rings. The second-order valence-electron chi connectivity index (χ2n) is 8.75. The molecular weight excluding hydrogens is 360 g/mol. The zero-order chi connectivity index (χ0) is 20.5. The van der Waals surface area contributed by atoms with Crippen LogP contribution in [0.15, 0.2) is 27.4 Å². The molecule has 2 rings (SSSR count). The van der Waals surface area contributed by atoms with Crippen LogP contribution in [0.3, 0.4) is 0 Å². The van der Waals surface area contributed by atoms with Gasteiger partial charge >= 0.3 is 5.69 Å². The molecule has 3 atom stereocenters. The predicted molar refractivity (Wildman–Crippen MR) is 110 cm³/mol. The largest absolute Gasteiger partial charge is 0.417 e. The molecule has 1 N–H and O–H groups in total. The number of nitrogens with zero attached hydrogens (tertiary/aromatic N) is 1.